The summed E-state index contributed by atoms with van der Waals surface area (Å²) in [5, 5.41) is 19.6. The highest BCUT2D eigenvalue weighted by atomic mass is 16.5. The quantitative estimate of drug-likeness (QED) is 0.180. The van der Waals surface area contributed by atoms with Gasteiger partial charge >= 0.3 is 5.97 Å². The van der Waals surface area contributed by atoms with Gasteiger partial charge in [0.2, 0.25) is 0 Å². The number of methoxy groups -OCH3 is 1. The van der Waals surface area contributed by atoms with Crippen LogP contribution in [0.15, 0.2) is 66.6 Å². The Kier molecular flexibility index (Phi) is 11.1. The van der Waals surface area contributed by atoms with Gasteiger partial charge < -0.3 is 29.1 Å². The minimum atomic E-state index is -0.786. The van der Waals surface area contributed by atoms with Crippen molar-refractivity contribution in [3.63, 3.8) is 0 Å². The molecule has 0 bridgehead atoms. The van der Waals surface area contributed by atoms with Gasteiger partial charge in [-0.1, -0.05) is 42.7 Å². The smallest absolute Gasteiger partial charge is 0.309 e. The summed E-state index contributed by atoms with van der Waals surface area (Å²) in [4.78, 5) is 17.5. The normalized spacial score (nSPS) is 25.8. The van der Waals surface area contributed by atoms with E-state index in [-0.39, 0.29) is 24.4 Å². The lowest BCUT2D eigenvalue weighted by atomic mass is 9.90. The van der Waals surface area contributed by atoms with Gasteiger partial charge in [0.1, 0.15) is 31.3 Å². The van der Waals surface area contributed by atoms with E-state index in [1.54, 1.807) is 7.11 Å². The molecule has 2 aliphatic heterocycles. The standard InChI is InChI=1S/C36H48BN5O5/c1-23-7-11-29(43)22-34(44)47-36(24(2)8-14-33(23)46-26(4)41-17-15-40(5)16-18-41)25(3)19-27-20-31(37)35-32(21-27)42(39-38-35)28-9-12-30(45-6)13-10-28/h8-10,12-14,19-21,23-24,29,33,36,43H,4,7,11,15-18,22,37H2,1-3,5-6H3/b14-8+,25-19+/t23?,24?,29?,33-,36-/m0/s1. The van der Waals surface area contributed by atoms with Gasteiger partial charge in [-0.2, -0.15) is 0 Å². The molecule has 2 aliphatic rings. The first-order chi connectivity index (χ1) is 22.5. The van der Waals surface area contributed by atoms with Crippen molar-refractivity contribution in [3.8, 4) is 11.4 Å². The number of rotatable bonds is 7. The molecule has 5 atom stereocenters. The van der Waals surface area contributed by atoms with Crippen LogP contribution in [0.3, 0.4) is 0 Å². The molecule has 0 saturated carbocycles. The van der Waals surface area contributed by atoms with E-state index in [9.17, 15) is 9.90 Å². The van der Waals surface area contributed by atoms with Gasteiger partial charge in [0.15, 0.2) is 5.88 Å². The van der Waals surface area contributed by atoms with Gasteiger partial charge in [0.25, 0.3) is 0 Å². The molecule has 0 spiro atoms. The fourth-order valence-electron chi connectivity index (χ4n) is 6.30. The van der Waals surface area contributed by atoms with Gasteiger partial charge in [0.05, 0.1) is 30.8 Å². The van der Waals surface area contributed by atoms with Crippen LogP contribution in [0, 0.1) is 11.8 Å². The molecule has 3 heterocycles. The van der Waals surface area contributed by atoms with Crippen molar-refractivity contribution in [2.24, 2.45) is 11.8 Å². The van der Waals surface area contributed by atoms with Crippen molar-refractivity contribution < 1.29 is 24.1 Å². The summed E-state index contributed by atoms with van der Waals surface area (Å²) in [7, 11) is 5.78. The first kappa shape index (κ1) is 34.3. The largest absolute Gasteiger partial charge is 0.497 e. The maximum absolute atomic E-state index is 13.0. The number of aliphatic hydroxyl groups excluding tert-OH is 1. The van der Waals surface area contributed by atoms with Crippen LogP contribution in [0.5, 0.6) is 5.75 Å². The number of hydrogen-bond donors (Lipinski definition) is 1. The number of esters is 1. The van der Waals surface area contributed by atoms with Crippen molar-refractivity contribution >= 4 is 36.4 Å². The van der Waals surface area contributed by atoms with E-state index in [1.165, 1.54) is 0 Å². The second kappa shape index (κ2) is 15.2. The molecule has 11 heteroatoms. The van der Waals surface area contributed by atoms with E-state index in [0.29, 0.717) is 18.7 Å². The molecule has 1 saturated heterocycles. The van der Waals surface area contributed by atoms with Crippen molar-refractivity contribution in [1.82, 2.24) is 24.8 Å². The number of fused-ring (bicyclic) bond motifs is 1. The number of carbonyl (C=O) groups is 1. The predicted molar refractivity (Wildman–Crippen MR) is 188 cm³/mol. The number of hydrogen-bond acceptors (Lipinski definition) is 9. The zero-order valence-electron chi connectivity index (χ0n) is 28.6. The van der Waals surface area contributed by atoms with Crippen LogP contribution in [0.2, 0.25) is 0 Å². The van der Waals surface area contributed by atoms with Crippen molar-refractivity contribution in [1.29, 1.82) is 0 Å². The summed E-state index contributed by atoms with van der Waals surface area (Å²) >= 11 is 0. The molecule has 5 rings (SSSR count). The minimum Gasteiger partial charge on any atom is -0.497 e. The van der Waals surface area contributed by atoms with E-state index in [2.05, 4.69) is 58.9 Å². The fourth-order valence-corrected chi connectivity index (χ4v) is 6.30. The molecule has 1 N–H and O–H groups in total. The fraction of sp³-hybridized carbons (Fsp3) is 0.472. The summed E-state index contributed by atoms with van der Waals surface area (Å²) in [5.74, 6) is 0.990. The predicted octanol–water partition coefficient (Wildman–Crippen LogP) is 3.48. The Bertz CT molecular complexity index is 1610. The first-order valence-electron chi connectivity index (χ1n) is 16.6. The summed E-state index contributed by atoms with van der Waals surface area (Å²) in [6.07, 6.45) is 5.80. The van der Waals surface area contributed by atoms with Crippen LogP contribution < -0.4 is 10.2 Å². The Balaban J connectivity index is 1.42. The Morgan fingerprint density at radius 1 is 1.11 bits per heavy atom. The molecule has 3 unspecified atom stereocenters. The topological polar surface area (TPSA) is 102 Å². The van der Waals surface area contributed by atoms with Gasteiger partial charge in [-0.05, 0) is 86.9 Å². The second-order valence-electron chi connectivity index (χ2n) is 13.1. The van der Waals surface area contributed by atoms with Crippen molar-refractivity contribution in [2.75, 3.05) is 40.3 Å². The van der Waals surface area contributed by atoms with Crippen LogP contribution in [0.4, 0.5) is 0 Å². The maximum Gasteiger partial charge on any atom is 0.309 e. The lowest BCUT2D eigenvalue weighted by Crippen LogP contribution is -2.44. The SMILES string of the molecule is Bc1cc(/C=C(\C)[C@H]2OC(=O)CC(O)CCC(C)[C@@H](OC(=C)N3CCN(C)CC3)/C=C/C2C)cc2c1nnn2-c1ccc(OC)cc1. The number of likely N-dealkylation sites (N-methyl/N-ethyl adjacent to an activating group) is 1. The third-order valence-corrected chi connectivity index (χ3v) is 9.31. The molecule has 0 aliphatic carbocycles. The highest BCUT2D eigenvalue weighted by Gasteiger charge is 2.28. The molecule has 1 fully saturated rings. The van der Waals surface area contributed by atoms with Gasteiger partial charge in [0, 0.05) is 32.1 Å². The third-order valence-electron chi connectivity index (χ3n) is 9.31. The summed E-state index contributed by atoms with van der Waals surface area (Å²) < 4.78 is 19.7. The molecule has 250 valence electrons. The Morgan fingerprint density at radius 2 is 1.83 bits per heavy atom. The van der Waals surface area contributed by atoms with E-state index >= 15 is 0 Å². The van der Waals surface area contributed by atoms with E-state index in [1.807, 2.05) is 62.8 Å². The number of nitrogens with zero attached hydrogens (tertiary/aromatic N) is 5. The lowest BCUT2D eigenvalue weighted by molar-refractivity contribution is -0.151. The molecule has 1 aromatic heterocycles. The Labute approximate surface area is 279 Å². The Morgan fingerprint density at radius 3 is 2.53 bits per heavy atom. The molecular weight excluding hydrogens is 593 g/mol. The van der Waals surface area contributed by atoms with Crippen LogP contribution >= 0.6 is 0 Å². The number of aliphatic hydroxyl groups is 1. The summed E-state index contributed by atoms with van der Waals surface area (Å²) in [5.41, 5.74) is 5.38. The monoisotopic (exact) mass is 641 g/mol. The molecule has 10 nitrogen and oxygen atoms in total. The van der Waals surface area contributed by atoms with Crippen LogP contribution in [-0.4, -0.2) is 102 Å². The zero-order valence-corrected chi connectivity index (χ0v) is 28.6. The molecular formula is C36H48BN5O5. The molecule has 0 amide bonds. The lowest BCUT2D eigenvalue weighted by Gasteiger charge is -2.36. The first-order valence-corrected chi connectivity index (χ1v) is 16.6. The maximum atomic E-state index is 13.0. The average Bonchev–Trinajstić information content (AvgIpc) is 3.48. The van der Waals surface area contributed by atoms with Crippen molar-refractivity contribution in [2.45, 2.75) is 58.3 Å². The van der Waals surface area contributed by atoms with Gasteiger partial charge in [-0.3, -0.25) is 4.79 Å². The molecule has 3 aromatic rings. The summed E-state index contributed by atoms with van der Waals surface area (Å²) in [6, 6.07) is 11.8. The highest BCUT2D eigenvalue weighted by Crippen LogP contribution is 2.27. The highest BCUT2D eigenvalue weighted by molar-refractivity contribution is 6.38. The second-order valence-corrected chi connectivity index (χ2v) is 13.1. The Hall–Kier alpha value is -4.09. The number of carbonyl (C=O) groups excluding carboxylic acids is 1. The molecule has 47 heavy (non-hydrogen) atoms. The number of ether oxygens (including phenoxy) is 3. The summed E-state index contributed by atoms with van der Waals surface area (Å²) in [6.45, 7) is 14.1. The van der Waals surface area contributed by atoms with Crippen LogP contribution in [0.1, 0.15) is 45.6 Å². The van der Waals surface area contributed by atoms with Crippen molar-refractivity contribution in [3.05, 3.63) is 72.1 Å². The van der Waals surface area contributed by atoms with Gasteiger partial charge in [-0.15, -0.1) is 5.10 Å². The van der Waals surface area contributed by atoms with E-state index in [0.717, 1.165) is 65.2 Å². The zero-order chi connectivity index (χ0) is 33.7. The van der Waals surface area contributed by atoms with Gasteiger partial charge in [-0.25, -0.2) is 4.68 Å². The number of benzene rings is 2. The number of aromatic nitrogens is 3. The minimum absolute atomic E-state index is 0.0513. The third kappa shape index (κ3) is 8.45. The number of piperazine rings is 1. The van der Waals surface area contributed by atoms with Crippen LogP contribution in [-0.2, 0) is 14.3 Å². The molecule has 2 aromatic carbocycles. The number of cyclic esters (lactones) is 1. The molecule has 0 radical (unpaired) electrons. The van der Waals surface area contributed by atoms with Crippen LogP contribution in [0.25, 0.3) is 22.8 Å². The van der Waals surface area contributed by atoms with E-state index < -0.39 is 18.2 Å². The van der Waals surface area contributed by atoms with E-state index in [4.69, 9.17) is 14.2 Å². The average molecular weight is 642 g/mol.